The average molecular weight is 359 g/mol. The van der Waals surface area contributed by atoms with Crippen molar-refractivity contribution in [3.8, 4) is 0 Å². The van der Waals surface area contributed by atoms with Crippen LogP contribution < -0.4 is 5.32 Å². The van der Waals surface area contributed by atoms with E-state index in [1.807, 2.05) is 13.0 Å². The molecule has 0 aliphatic heterocycles. The van der Waals surface area contributed by atoms with E-state index in [2.05, 4.69) is 11.9 Å². The first kappa shape index (κ1) is 18.7. The maximum atomic E-state index is 12.0. The number of nitrogens with one attached hydrogen (secondary N) is 1. The predicted octanol–water partition coefficient (Wildman–Crippen LogP) is 5.36. The summed E-state index contributed by atoms with van der Waals surface area (Å²) < 4.78 is 0. The van der Waals surface area contributed by atoms with Gasteiger partial charge in [-0.2, -0.15) is 0 Å². The Kier molecular flexibility index (Phi) is 5.93. The number of nitro benzene ring substituents is 1. The van der Waals surface area contributed by atoms with Crippen molar-refractivity contribution in [3.63, 3.8) is 0 Å². The molecule has 2 aromatic rings. The molecule has 0 unspecified atom stereocenters. The highest BCUT2D eigenvalue weighted by molar-refractivity contribution is 6.32. The lowest BCUT2D eigenvalue weighted by atomic mass is 9.95. The van der Waals surface area contributed by atoms with Crippen molar-refractivity contribution in [3.05, 3.63) is 74.8 Å². The summed E-state index contributed by atoms with van der Waals surface area (Å²) >= 11 is 6.23. The van der Waals surface area contributed by atoms with Crippen molar-refractivity contribution in [2.45, 2.75) is 26.7 Å². The van der Waals surface area contributed by atoms with Gasteiger partial charge in [-0.15, -0.1) is 0 Å². The van der Waals surface area contributed by atoms with Crippen LogP contribution in [0.25, 0.3) is 5.57 Å². The standard InChI is InChI=1S/C19H19ClN2O3/c1-4-7-19(23)21-17-10-12(2)18(22(24)25)11-15(17)13(3)14-8-5-6-9-16(14)20/h5-6,8-11H,3-4,7H2,1-2H3,(H,21,23). The van der Waals surface area contributed by atoms with E-state index in [0.717, 1.165) is 0 Å². The number of aryl methyl sites for hydroxylation is 1. The van der Waals surface area contributed by atoms with Gasteiger partial charge in [0.25, 0.3) is 5.69 Å². The highest BCUT2D eigenvalue weighted by Crippen LogP contribution is 2.36. The molecular weight excluding hydrogens is 340 g/mol. The number of rotatable bonds is 6. The van der Waals surface area contributed by atoms with Gasteiger partial charge in [-0.25, -0.2) is 0 Å². The molecule has 0 spiro atoms. The Hall–Kier alpha value is -2.66. The van der Waals surface area contributed by atoms with Crippen molar-refractivity contribution in [2.75, 3.05) is 5.32 Å². The van der Waals surface area contributed by atoms with Crippen LogP contribution in [0.3, 0.4) is 0 Å². The molecule has 2 rings (SSSR count). The van der Waals surface area contributed by atoms with Gasteiger partial charge < -0.3 is 5.32 Å². The quantitative estimate of drug-likeness (QED) is 0.558. The van der Waals surface area contributed by atoms with E-state index in [1.54, 1.807) is 31.2 Å². The van der Waals surface area contributed by atoms with E-state index >= 15 is 0 Å². The van der Waals surface area contributed by atoms with Crippen LogP contribution in [0.5, 0.6) is 0 Å². The summed E-state index contributed by atoms with van der Waals surface area (Å²) in [6.45, 7) is 7.58. The molecule has 25 heavy (non-hydrogen) atoms. The normalized spacial score (nSPS) is 10.4. The fourth-order valence-corrected chi connectivity index (χ4v) is 2.79. The first-order valence-corrected chi connectivity index (χ1v) is 8.26. The van der Waals surface area contributed by atoms with Crippen molar-refractivity contribution in [1.82, 2.24) is 0 Å². The highest BCUT2D eigenvalue weighted by atomic mass is 35.5. The number of nitro groups is 1. The zero-order chi connectivity index (χ0) is 18.6. The van der Waals surface area contributed by atoms with Gasteiger partial charge >= 0.3 is 0 Å². The smallest absolute Gasteiger partial charge is 0.273 e. The Morgan fingerprint density at radius 1 is 1.28 bits per heavy atom. The summed E-state index contributed by atoms with van der Waals surface area (Å²) in [5, 5.41) is 14.6. The van der Waals surface area contributed by atoms with Gasteiger partial charge in [0, 0.05) is 39.9 Å². The maximum absolute atomic E-state index is 12.0. The van der Waals surface area contributed by atoms with Crippen molar-refractivity contribution >= 4 is 34.5 Å². The Bertz CT molecular complexity index is 847. The lowest BCUT2D eigenvalue weighted by Crippen LogP contribution is -2.13. The van der Waals surface area contributed by atoms with E-state index in [4.69, 9.17) is 11.6 Å². The van der Waals surface area contributed by atoms with Crippen LogP contribution in [0, 0.1) is 17.0 Å². The third-order valence-corrected chi connectivity index (χ3v) is 4.14. The number of benzene rings is 2. The maximum Gasteiger partial charge on any atom is 0.273 e. The Morgan fingerprint density at radius 2 is 1.96 bits per heavy atom. The second kappa shape index (κ2) is 7.94. The average Bonchev–Trinajstić information content (AvgIpc) is 2.54. The Labute approximate surface area is 151 Å². The molecule has 0 aromatic heterocycles. The molecule has 0 heterocycles. The lowest BCUT2D eigenvalue weighted by molar-refractivity contribution is -0.385. The van der Waals surface area contributed by atoms with Crippen molar-refractivity contribution < 1.29 is 9.72 Å². The van der Waals surface area contributed by atoms with E-state index < -0.39 is 4.92 Å². The van der Waals surface area contributed by atoms with Crippen LogP contribution in [-0.2, 0) is 4.79 Å². The molecule has 0 radical (unpaired) electrons. The van der Waals surface area contributed by atoms with E-state index in [0.29, 0.717) is 45.8 Å². The number of halogens is 1. The number of anilines is 1. The molecule has 5 nitrogen and oxygen atoms in total. The monoisotopic (exact) mass is 358 g/mol. The Balaban J connectivity index is 2.58. The fraction of sp³-hybridized carbons (Fsp3) is 0.211. The highest BCUT2D eigenvalue weighted by Gasteiger charge is 2.19. The molecule has 1 amide bonds. The molecule has 0 saturated heterocycles. The second-order valence-corrected chi connectivity index (χ2v) is 6.11. The van der Waals surface area contributed by atoms with Crippen molar-refractivity contribution in [2.24, 2.45) is 0 Å². The summed E-state index contributed by atoms with van der Waals surface area (Å²) in [5.74, 6) is -0.149. The van der Waals surface area contributed by atoms with E-state index in [-0.39, 0.29) is 11.6 Å². The molecular formula is C19H19ClN2O3. The number of hydrogen-bond acceptors (Lipinski definition) is 3. The molecule has 6 heteroatoms. The summed E-state index contributed by atoms with van der Waals surface area (Å²) in [4.78, 5) is 22.9. The first-order chi connectivity index (χ1) is 11.8. The molecule has 0 aliphatic carbocycles. The molecule has 0 aliphatic rings. The van der Waals surface area contributed by atoms with Crippen LogP contribution in [-0.4, -0.2) is 10.8 Å². The van der Waals surface area contributed by atoms with Crippen molar-refractivity contribution in [1.29, 1.82) is 0 Å². The third-order valence-electron chi connectivity index (χ3n) is 3.81. The number of carbonyl (C=O) groups is 1. The topological polar surface area (TPSA) is 72.2 Å². The molecule has 2 aromatic carbocycles. The molecule has 1 N–H and O–H groups in total. The van der Waals surface area contributed by atoms with Gasteiger partial charge in [0.2, 0.25) is 5.91 Å². The summed E-state index contributed by atoms with van der Waals surface area (Å²) in [6, 6.07) is 10.1. The van der Waals surface area contributed by atoms with Crippen LogP contribution in [0.4, 0.5) is 11.4 Å². The Morgan fingerprint density at radius 3 is 2.56 bits per heavy atom. The minimum Gasteiger partial charge on any atom is -0.325 e. The minimum absolute atomic E-state index is 0.0308. The second-order valence-electron chi connectivity index (χ2n) is 5.70. The molecule has 130 valence electrons. The molecule has 0 bridgehead atoms. The van der Waals surface area contributed by atoms with Crippen LogP contribution >= 0.6 is 11.6 Å². The van der Waals surface area contributed by atoms with E-state index in [1.165, 1.54) is 6.07 Å². The van der Waals surface area contributed by atoms with Gasteiger partial charge in [0.05, 0.1) is 4.92 Å². The fourth-order valence-electron chi connectivity index (χ4n) is 2.54. The van der Waals surface area contributed by atoms with Crippen LogP contribution in [0.1, 0.15) is 36.5 Å². The number of nitrogens with zero attached hydrogens (tertiary/aromatic N) is 1. The van der Waals surface area contributed by atoms with Gasteiger partial charge in [-0.1, -0.05) is 43.3 Å². The molecule has 0 saturated carbocycles. The van der Waals surface area contributed by atoms with Gasteiger partial charge in [0.15, 0.2) is 0 Å². The van der Waals surface area contributed by atoms with Gasteiger partial charge in [-0.3, -0.25) is 14.9 Å². The largest absolute Gasteiger partial charge is 0.325 e. The van der Waals surface area contributed by atoms with E-state index in [9.17, 15) is 14.9 Å². The predicted molar refractivity (Wildman–Crippen MR) is 101 cm³/mol. The molecule has 0 atom stereocenters. The van der Waals surface area contributed by atoms with Crippen LogP contribution in [0.15, 0.2) is 43.0 Å². The van der Waals surface area contributed by atoms with Gasteiger partial charge in [-0.05, 0) is 31.1 Å². The zero-order valence-corrected chi connectivity index (χ0v) is 14.9. The number of hydrogen-bond donors (Lipinski definition) is 1. The first-order valence-electron chi connectivity index (χ1n) is 7.88. The SMILES string of the molecule is C=C(c1ccccc1Cl)c1cc([N+](=O)[O-])c(C)cc1NC(=O)CCC. The van der Waals surface area contributed by atoms with Crippen LogP contribution in [0.2, 0.25) is 5.02 Å². The number of carbonyl (C=O) groups excluding carboxylic acids is 1. The summed E-state index contributed by atoms with van der Waals surface area (Å²) in [6.07, 6.45) is 1.08. The minimum atomic E-state index is -0.448. The zero-order valence-electron chi connectivity index (χ0n) is 14.1. The van der Waals surface area contributed by atoms with Gasteiger partial charge in [0.1, 0.15) is 0 Å². The third kappa shape index (κ3) is 4.25. The lowest BCUT2D eigenvalue weighted by Gasteiger charge is -2.15. The summed E-state index contributed by atoms with van der Waals surface area (Å²) in [7, 11) is 0. The summed E-state index contributed by atoms with van der Waals surface area (Å²) in [5.41, 5.74) is 2.58. The number of amides is 1. The molecule has 0 fully saturated rings.